The van der Waals surface area contributed by atoms with Gasteiger partial charge in [-0.05, 0) is 13.5 Å². The Morgan fingerprint density at radius 1 is 1.29 bits per heavy atom. The summed E-state index contributed by atoms with van der Waals surface area (Å²) in [4.78, 5) is 23.4. The summed E-state index contributed by atoms with van der Waals surface area (Å²) in [6.45, 7) is 11.8. The number of amides is 1. The van der Waals surface area contributed by atoms with Crippen LogP contribution >= 0.6 is 0 Å². The molecule has 0 spiro atoms. The Bertz CT molecular complexity index is 515. The zero-order valence-electron chi connectivity index (χ0n) is 14.7. The van der Waals surface area contributed by atoms with Crippen LogP contribution in [-0.2, 0) is 16.1 Å². The molecule has 3 heterocycles. The second-order valence-corrected chi connectivity index (χ2v) is 6.54. The van der Waals surface area contributed by atoms with Gasteiger partial charge in [0.15, 0.2) is 0 Å². The second kappa shape index (κ2) is 8.04. The number of piperazine rings is 1. The third-order valence-corrected chi connectivity index (χ3v) is 5.06. The molecule has 0 aliphatic carbocycles. The summed E-state index contributed by atoms with van der Waals surface area (Å²) in [7, 11) is 0. The van der Waals surface area contributed by atoms with Gasteiger partial charge in [-0.3, -0.25) is 14.4 Å². The van der Waals surface area contributed by atoms with Gasteiger partial charge in [-0.2, -0.15) is 5.10 Å². The SMILES string of the molecule is CCN1CCN(C(=O)[C@H](C)N2CCO[C@@H](Cn3cncn3)C2)CC1. The number of carbonyl (C=O) groups excluding carboxylic acids is 1. The maximum absolute atomic E-state index is 12.8. The van der Waals surface area contributed by atoms with Gasteiger partial charge in [-0.25, -0.2) is 4.98 Å². The topological polar surface area (TPSA) is 66.7 Å². The van der Waals surface area contributed by atoms with Gasteiger partial charge in [0, 0.05) is 39.3 Å². The lowest BCUT2D eigenvalue weighted by Gasteiger charge is -2.40. The van der Waals surface area contributed by atoms with E-state index in [-0.39, 0.29) is 18.1 Å². The predicted molar refractivity (Wildman–Crippen MR) is 89.5 cm³/mol. The van der Waals surface area contributed by atoms with E-state index in [0.29, 0.717) is 13.2 Å². The summed E-state index contributed by atoms with van der Waals surface area (Å²) in [6, 6.07) is -0.0969. The monoisotopic (exact) mass is 336 g/mol. The fourth-order valence-corrected chi connectivity index (χ4v) is 3.44. The van der Waals surface area contributed by atoms with E-state index >= 15 is 0 Å². The van der Waals surface area contributed by atoms with Gasteiger partial charge in [-0.1, -0.05) is 6.92 Å². The molecule has 1 amide bonds. The van der Waals surface area contributed by atoms with Crippen molar-refractivity contribution in [1.29, 1.82) is 0 Å². The van der Waals surface area contributed by atoms with Crippen LogP contribution in [0.2, 0.25) is 0 Å². The molecule has 3 rings (SSSR count). The molecule has 8 heteroatoms. The van der Waals surface area contributed by atoms with E-state index in [4.69, 9.17) is 4.74 Å². The standard InChI is InChI=1S/C16H28N6O2/c1-3-19-4-6-20(7-5-19)16(23)14(2)21-8-9-24-15(10-21)11-22-13-17-12-18-22/h12-15H,3-11H2,1-2H3/t14-,15+/m0/s1. The highest BCUT2D eigenvalue weighted by Gasteiger charge is 2.31. The van der Waals surface area contributed by atoms with Crippen molar-refractivity contribution >= 4 is 5.91 Å². The van der Waals surface area contributed by atoms with Gasteiger partial charge < -0.3 is 14.5 Å². The number of rotatable bonds is 5. The Kier molecular flexibility index (Phi) is 5.80. The number of aromatic nitrogens is 3. The van der Waals surface area contributed by atoms with Crippen molar-refractivity contribution in [3.63, 3.8) is 0 Å². The second-order valence-electron chi connectivity index (χ2n) is 6.54. The molecule has 1 aromatic rings. The van der Waals surface area contributed by atoms with E-state index in [1.807, 2.05) is 11.8 Å². The van der Waals surface area contributed by atoms with Crippen molar-refractivity contribution in [1.82, 2.24) is 29.5 Å². The van der Waals surface area contributed by atoms with E-state index in [1.165, 1.54) is 6.33 Å². The molecule has 134 valence electrons. The summed E-state index contributed by atoms with van der Waals surface area (Å²) in [5, 5.41) is 4.13. The van der Waals surface area contributed by atoms with Crippen LogP contribution < -0.4 is 0 Å². The predicted octanol–water partition coefficient (Wildman–Crippen LogP) is -0.468. The average molecular weight is 336 g/mol. The number of nitrogens with zero attached hydrogens (tertiary/aromatic N) is 6. The van der Waals surface area contributed by atoms with E-state index in [0.717, 1.165) is 45.8 Å². The summed E-state index contributed by atoms with van der Waals surface area (Å²) < 4.78 is 7.61. The van der Waals surface area contributed by atoms with E-state index in [9.17, 15) is 4.79 Å². The Morgan fingerprint density at radius 2 is 2.08 bits per heavy atom. The van der Waals surface area contributed by atoms with Gasteiger partial charge in [0.1, 0.15) is 12.7 Å². The van der Waals surface area contributed by atoms with Crippen molar-refractivity contribution in [2.45, 2.75) is 32.5 Å². The summed E-state index contributed by atoms with van der Waals surface area (Å²) in [6.07, 6.45) is 3.28. The lowest BCUT2D eigenvalue weighted by Crippen LogP contribution is -2.57. The minimum Gasteiger partial charge on any atom is -0.374 e. The fraction of sp³-hybridized carbons (Fsp3) is 0.812. The van der Waals surface area contributed by atoms with Crippen LogP contribution in [0.5, 0.6) is 0 Å². The van der Waals surface area contributed by atoms with Crippen LogP contribution in [0.25, 0.3) is 0 Å². The van der Waals surface area contributed by atoms with Gasteiger partial charge in [0.05, 0.1) is 25.3 Å². The zero-order chi connectivity index (χ0) is 16.9. The van der Waals surface area contributed by atoms with Gasteiger partial charge >= 0.3 is 0 Å². The highest BCUT2D eigenvalue weighted by Crippen LogP contribution is 2.13. The Balaban J connectivity index is 1.52. The summed E-state index contributed by atoms with van der Waals surface area (Å²) >= 11 is 0. The van der Waals surface area contributed by atoms with Crippen molar-refractivity contribution in [2.24, 2.45) is 0 Å². The first-order valence-electron chi connectivity index (χ1n) is 8.86. The maximum atomic E-state index is 12.8. The molecule has 0 bridgehead atoms. The van der Waals surface area contributed by atoms with E-state index < -0.39 is 0 Å². The Hall–Kier alpha value is -1.51. The minimum absolute atomic E-state index is 0.0487. The number of hydrogen-bond donors (Lipinski definition) is 0. The molecule has 2 atom stereocenters. The highest BCUT2D eigenvalue weighted by atomic mass is 16.5. The van der Waals surface area contributed by atoms with Crippen molar-refractivity contribution in [2.75, 3.05) is 52.4 Å². The lowest BCUT2D eigenvalue weighted by atomic mass is 10.1. The van der Waals surface area contributed by atoms with E-state index in [2.05, 4.69) is 26.8 Å². The Morgan fingerprint density at radius 3 is 2.75 bits per heavy atom. The minimum atomic E-state index is -0.0969. The summed E-state index contributed by atoms with van der Waals surface area (Å²) in [5.74, 6) is 0.243. The first-order valence-corrected chi connectivity index (χ1v) is 8.86. The van der Waals surface area contributed by atoms with Crippen LogP contribution in [0.1, 0.15) is 13.8 Å². The van der Waals surface area contributed by atoms with Crippen molar-refractivity contribution in [3.05, 3.63) is 12.7 Å². The van der Waals surface area contributed by atoms with E-state index in [1.54, 1.807) is 11.0 Å². The van der Waals surface area contributed by atoms with Crippen LogP contribution in [-0.4, -0.2) is 99.9 Å². The molecule has 2 aliphatic heterocycles. The highest BCUT2D eigenvalue weighted by molar-refractivity contribution is 5.81. The number of likely N-dealkylation sites (N-methyl/N-ethyl adjacent to an activating group) is 1. The van der Waals surface area contributed by atoms with Crippen LogP contribution in [0.4, 0.5) is 0 Å². The van der Waals surface area contributed by atoms with Crippen LogP contribution in [0.3, 0.4) is 0 Å². The fourth-order valence-electron chi connectivity index (χ4n) is 3.44. The molecule has 1 aromatic heterocycles. The molecular weight excluding hydrogens is 308 g/mol. The first kappa shape index (κ1) is 17.3. The van der Waals surface area contributed by atoms with Gasteiger partial charge in [0.2, 0.25) is 5.91 Å². The van der Waals surface area contributed by atoms with Crippen LogP contribution in [0, 0.1) is 0 Å². The van der Waals surface area contributed by atoms with Crippen molar-refractivity contribution in [3.8, 4) is 0 Å². The quantitative estimate of drug-likeness (QED) is 0.724. The smallest absolute Gasteiger partial charge is 0.239 e. The largest absolute Gasteiger partial charge is 0.374 e. The van der Waals surface area contributed by atoms with Gasteiger partial charge in [0.25, 0.3) is 0 Å². The molecule has 2 saturated heterocycles. The average Bonchev–Trinajstić information content (AvgIpc) is 3.14. The zero-order valence-corrected chi connectivity index (χ0v) is 14.7. The molecule has 0 saturated carbocycles. The molecular formula is C16H28N6O2. The molecule has 0 radical (unpaired) electrons. The molecule has 0 N–H and O–H groups in total. The third kappa shape index (κ3) is 4.12. The summed E-state index contributed by atoms with van der Waals surface area (Å²) in [5.41, 5.74) is 0. The molecule has 0 aromatic carbocycles. The molecule has 0 unspecified atom stereocenters. The number of ether oxygens (including phenoxy) is 1. The Labute approximate surface area is 143 Å². The van der Waals surface area contributed by atoms with Crippen LogP contribution in [0.15, 0.2) is 12.7 Å². The lowest BCUT2D eigenvalue weighted by molar-refractivity contribution is -0.141. The third-order valence-electron chi connectivity index (χ3n) is 5.06. The number of hydrogen-bond acceptors (Lipinski definition) is 6. The molecule has 24 heavy (non-hydrogen) atoms. The maximum Gasteiger partial charge on any atom is 0.239 e. The molecule has 2 fully saturated rings. The van der Waals surface area contributed by atoms with Gasteiger partial charge in [-0.15, -0.1) is 0 Å². The first-order chi connectivity index (χ1) is 11.7. The number of carbonyl (C=O) groups is 1. The normalized spacial score (nSPS) is 24.9. The molecule has 8 nitrogen and oxygen atoms in total. The number of morpholine rings is 1. The van der Waals surface area contributed by atoms with Crippen molar-refractivity contribution < 1.29 is 9.53 Å². The molecule has 2 aliphatic rings.